The first kappa shape index (κ1) is 10.9. The van der Waals surface area contributed by atoms with Crippen LogP contribution in [-0.4, -0.2) is 22.2 Å². The average molecular weight is 174 g/mol. The third-order valence-corrected chi connectivity index (χ3v) is 2.49. The van der Waals surface area contributed by atoms with E-state index in [0.29, 0.717) is 6.42 Å². The second-order valence-electron chi connectivity index (χ2n) is 3.12. The summed E-state index contributed by atoms with van der Waals surface area (Å²) in [6, 6.07) is 0. The molecule has 1 unspecified atom stereocenters. The standard InChI is InChI=1S/C8H14O4/c1-4-5(2)8(3,6(9)10)7(11)12/h5H,4H2,1-3H3,(H,9,10)(H,11,12). The molecule has 0 aromatic carbocycles. The highest BCUT2D eigenvalue weighted by atomic mass is 16.4. The molecule has 0 amide bonds. The van der Waals surface area contributed by atoms with Gasteiger partial charge in [0.15, 0.2) is 5.41 Å². The van der Waals surface area contributed by atoms with E-state index in [2.05, 4.69) is 0 Å². The molecule has 12 heavy (non-hydrogen) atoms. The zero-order valence-corrected chi connectivity index (χ0v) is 7.50. The summed E-state index contributed by atoms with van der Waals surface area (Å²) < 4.78 is 0. The van der Waals surface area contributed by atoms with Crippen LogP contribution >= 0.6 is 0 Å². The van der Waals surface area contributed by atoms with Crippen LogP contribution in [0.15, 0.2) is 0 Å². The lowest BCUT2D eigenvalue weighted by Gasteiger charge is -2.25. The number of rotatable bonds is 4. The van der Waals surface area contributed by atoms with E-state index in [1.54, 1.807) is 13.8 Å². The van der Waals surface area contributed by atoms with Crippen molar-refractivity contribution in [2.45, 2.75) is 27.2 Å². The van der Waals surface area contributed by atoms with Crippen molar-refractivity contribution < 1.29 is 19.8 Å². The molecule has 0 saturated heterocycles. The molecule has 2 N–H and O–H groups in total. The van der Waals surface area contributed by atoms with Crippen LogP contribution in [0.25, 0.3) is 0 Å². The van der Waals surface area contributed by atoms with E-state index >= 15 is 0 Å². The fourth-order valence-corrected chi connectivity index (χ4v) is 0.921. The first-order valence-electron chi connectivity index (χ1n) is 3.84. The summed E-state index contributed by atoms with van der Waals surface area (Å²) in [5.74, 6) is -2.92. The summed E-state index contributed by atoms with van der Waals surface area (Å²) in [6.45, 7) is 4.64. The van der Waals surface area contributed by atoms with E-state index in [-0.39, 0.29) is 5.92 Å². The Morgan fingerprint density at radius 2 is 1.67 bits per heavy atom. The quantitative estimate of drug-likeness (QED) is 0.628. The topological polar surface area (TPSA) is 74.6 Å². The van der Waals surface area contributed by atoms with Gasteiger partial charge in [0.05, 0.1) is 0 Å². The summed E-state index contributed by atoms with van der Waals surface area (Å²) >= 11 is 0. The summed E-state index contributed by atoms with van der Waals surface area (Å²) in [5, 5.41) is 17.4. The van der Waals surface area contributed by atoms with Gasteiger partial charge in [-0.3, -0.25) is 9.59 Å². The molecule has 0 aliphatic carbocycles. The molecular formula is C8H14O4. The van der Waals surface area contributed by atoms with E-state index < -0.39 is 17.4 Å². The Morgan fingerprint density at radius 1 is 1.33 bits per heavy atom. The maximum atomic E-state index is 10.7. The van der Waals surface area contributed by atoms with Crippen LogP contribution < -0.4 is 0 Å². The Morgan fingerprint density at radius 3 is 1.75 bits per heavy atom. The largest absolute Gasteiger partial charge is 0.480 e. The molecule has 4 heteroatoms. The van der Waals surface area contributed by atoms with Gasteiger partial charge in [-0.25, -0.2) is 0 Å². The third-order valence-electron chi connectivity index (χ3n) is 2.49. The minimum atomic E-state index is -1.66. The Balaban J connectivity index is 4.87. The molecule has 0 aromatic heterocycles. The van der Waals surface area contributed by atoms with Gasteiger partial charge in [0.2, 0.25) is 0 Å². The first-order chi connectivity index (χ1) is 5.37. The van der Waals surface area contributed by atoms with Crippen LogP contribution in [0.5, 0.6) is 0 Å². The maximum Gasteiger partial charge on any atom is 0.321 e. The van der Waals surface area contributed by atoms with Crippen LogP contribution in [0.2, 0.25) is 0 Å². The fraction of sp³-hybridized carbons (Fsp3) is 0.750. The van der Waals surface area contributed by atoms with E-state index in [0.717, 1.165) is 0 Å². The van der Waals surface area contributed by atoms with Crippen LogP contribution in [0.4, 0.5) is 0 Å². The minimum absolute atomic E-state index is 0.368. The predicted molar refractivity (Wildman–Crippen MR) is 42.8 cm³/mol. The molecule has 0 bridgehead atoms. The van der Waals surface area contributed by atoms with Crippen molar-refractivity contribution in [3.05, 3.63) is 0 Å². The van der Waals surface area contributed by atoms with Crippen LogP contribution in [-0.2, 0) is 9.59 Å². The predicted octanol–water partition coefficient (Wildman–Crippen LogP) is 1.21. The van der Waals surface area contributed by atoms with Gasteiger partial charge in [0, 0.05) is 0 Å². The van der Waals surface area contributed by atoms with Crippen LogP contribution in [0.1, 0.15) is 27.2 Å². The highest BCUT2D eigenvalue weighted by Crippen LogP contribution is 2.30. The van der Waals surface area contributed by atoms with E-state index in [9.17, 15) is 9.59 Å². The highest BCUT2D eigenvalue weighted by Gasteiger charge is 2.45. The summed E-state index contributed by atoms with van der Waals surface area (Å²) in [5.41, 5.74) is -1.66. The Labute approximate surface area is 71.2 Å². The normalized spacial score (nSPS) is 13.9. The monoisotopic (exact) mass is 174 g/mol. The van der Waals surface area contributed by atoms with E-state index in [1.165, 1.54) is 6.92 Å². The molecule has 0 heterocycles. The average Bonchev–Trinajstić information content (AvgIpc) is 2.00. The SMILES string of the molecule is CCC(C)C(C)(C(=O)O)C(=O)O. The Hall–Kier alpha value is -1.06. The van der Waals surface area contributed by atoms with Crippen LogP contribution in [0.3, 0.4) is 0 Å². The summed E-state index contributed by atoms with van der Waals surface area (Å²) in [6.07, 6.45) is 0.537. The van der Waals surface area contributed by atoms with Crippen molar-refractivity contribution in [3.8, 4) is 0 Å². The lowest BCUT2D eigenvalue weighted by atomic mass is 9.77. The summed E-state index contributed by atoms with van der Waals surface area (Å²) in [7, 11) is 0. The van der Waals surface area contributed by atoms with Crippen molar-refractivity contribution in [3.63, 3.8) is 0 Å². The van der Waals surface area contributed by atoms with Gasteiger partial charge in [0.25, 0.3) is 0 Å². The van der Waals surface area contributed by atoms with E-state index in [1.807, 2.05) is 0 Å². The van der Waals surface area contributed by atoms with Crippen molar-refractivity contribution >= 4 is 11.9 Å². The van der Waals surface area contributed by atoms with E-state index in [4.69, 9.17) is 10.2 Å². The number of carboxylic acid groups (broad SMARTS) is 2. The van der Waals surface area contributed by atoms with Gasteiger partial charge in [-0.05, 0) is 12.8 Å². The summed E-state index contributed by atoms with van der Waals surface area (Å²) in [4.78, 5) is 21.4. The Kier molecular flexibility index (Phi) is 3.24. The van der Waals surface area contributed by atoms with Crippen molar-refractivity contribution in [1.29, 1.82) is 0 Å². The molecule has 0 spiro atoms. The fourth-order valence-electron chi connectivity index (χ4n) is 0.921. The number of hydrogen-bond acceptors (Lipinski definition) is 2. The molecule has 0 aromatic rings. The van der Waals surface area contributed by atoms with Gasteiger partial charge < -0.3 is 10.2 Å². The van der Waals surface area contributed by atoms with Gasteiger partial charge in [-0.2, -0.15) is 0 Å². The molecule has 4 nitrogen and oxygen atoms in total. The molecule has 70 valence electrons. The van der Waals surface area contributed by atoms with Gasteiger partial charge in [-0.15, -0.1) is 0 Å². The number of carboxylic acids is 2. The van der Waals surface area contributed by atoms with Crippen molar-refractivity contribution in [2.24, 2.45) is 11.3 Å². The van der Waals surface area contributed by atoms with Crippen LogP contribution in [0, 0.1) is 11.3 Å². The first-order valence-corrected chi connectivity index (χ1v) is 3.84. The zero-order valence-electron chi connectivity index (χ0n) is 7.50. The molecule has 0 fully saturated rings. The molecular weight excluding hydrogens is 160 g/mol. The molecule has 0 aliphatic heterocycles. The number of hydrogen-bond donors (Lipinski definition) is 2. The molecule has 0 aliphatic rings. The van der Waals surface area contributed by atoms with Gasteiger partial charge in [0.1, 0.15) is 0 Å². The van der Waals surface area contributed by atoms with Crippen molar-refractivity contribution in [2.75, 3.05) is 0 Å². The number of aliphatic carboxylic acids is 2. The zero-order chi connectivity index (χ0) is 9.94. The second-order valence-corrected chi connectivity index (χ2v) is 3.12. The van der Waals surface area contributed by atoms with Crippen molar-refractivity contribution in [1.82, 2.24) is 0 Å². The van der Waals surface area contributed by atoms with Gasteiger partial charge >= 0.3 is 11.9 Å². The smallest absolute Gasteiger partial charge is 0.321 e. The maximum absolute atomic E-state index is 10.7. The lowest BCUT2D eigenvalue weighted by Crippen LogP contribution is -2.41. The van der Waals surface area contributed by atoms with Gasteiger partial charge in [-0.1, -0.05) is 20.3 Å². The Bertz CT molecular complexity index is 183. The third kappa shape index (κ3) is 1.57. The molecule has 0 rings (SSSR count). The lowest BCUT2D eigenvalue weighted by molar-refractivity contribution is -0.167. The molecule has 0 saturated carbocycles. The number of carbonyl (C=O) groups is 2. The highest BCUT2D eigenvalue weighted by molar-refractivity contribution is 5.98. The second kappa shape index (κ2) is 3.56. The molecule has 1 atom stereocenters. The minimum Gasteiger partial charge on any atom is -0.480 e. The molecule has 0 radical (unpaired) electrons.